The van der Waals surface area contributed by atoms with Crippen molar-refractivity contribution in [1.29, 1.82) is 0 Å². The molecule has 0 saturated heterocycles. The molecule has 0 aliphatic heterocycles. The van der Waals surface area contributed by atoms with Gasteiger partial charge in [-0.3, -0.25) is 4.90 Å². The van der Waals surface area contributed by atoms with Gasteiger partial charge in [0.15, 0.2) is 0 Å². The molecule has 0 heterocycles. The van der Waals surface area contributed by atoms with Gasteiger partial charge in [-0.1, -0.05) is 92.4 Å². The Morgan fingerprint density at radius 2 is 1.34 bits per heavy atom. The summed E-state index contributed by atoms with van der Waals surface area (Å²) >= 11 is 0. The van der Waals surface area contributed by atoms with E-state index < -0.39 is 55.7 Å². The molecule has 310 valence electrons. The molecule has 0 aliphatic carbocycles. The Labute approximate surface area is 341 Å². The minimum atomic E-state index is -1.55. The number of esters is 2. The molecule has 4 aromatic rings. The standard InChI is InChI=1S/C45H55FN2O9Si/c1-45(2,3)57-44(52)48(4)39(42(50)53-5)28-35-25-33(19-21-37(35)46)34-20-22-40(55-29-31-15-11-9-12-16-31)36(26-34)27-38(41(49)54-23-24-58(6,7)8)47-43(51)56-30-32-17-13-10-14-18-32/h9-22,25-26,38-39H,23-24,27-30H2,1-8H3,(H,47,51)/t38-,39-/m0/s1. The quantitative estimate of drug-likeness (QED) is 0.0632. The van der Waals surface area contributed by atoms with Gasteiger partial charge in [0.25, 0.3) is 0 Å². The van der Waals surface area contributed by atoms with Crippen LogP contribution in [0.2, 0.25) is 25.7 Å². The van der Waals surface area contributed by atoms with Gasteiger partial charge in [-0.25, -0.2) is 23.6 Å². The minimum absolute atomic E-state index is 0.00227. The SMILES string of the molecule is COC(=O)[C@H](Cc1cc(-c2ccc(OCc3ccccc3)c(C[C@H](NC(=O)OCc3ccccc3)C(=O)OCC[Si](C)(C)C)c2)ccc1F)N(C)C(=O)OC(C)(C)C. The number of likely N-dealkylation sites (N-methyl/N-ethyl adjacent to an activating group) is 1. The number of carbonyl (C=O) groups excluding carboxylic acids is 4. The molecule has 0 radical (unpaired) electrons. The first-order chi connectivity index (χ1) is 27.4. The van der Waals surface area contributed by atoms with Crippen LogP contribution >= 0.6 is 0 Å². The third-order valence-corrected chi connectivity index (χ3v) is 10.7. The number of nitrogens with zero attached hydrogens (tertiary/aromatic N) is 1. The van der Waals surface area contributed by atoms with E-state index in [1.807, 2.05) is 60.7 Å². The fourth-order valence-electron chi connectivity index (χ4n) is 5.77. The highest BCUT2D eigenvalue weighted by atomic mass is 28.3. The Morgan fingerprint density at radius 3 is 1.93 bits per heavy atom. The molecule has 4 aromatic carbocycles. The van der Waals surface area contributed by atoms with Crippen LogP contribution in [0.15, 0.2) is 97.1 Å². The lowest BCUT2D eigenvalue weighted by Gasteiger charge is -2.29. The number of hydrogen-bond donors (Lipinski definition) is 1. The minimum Gasteiger partial charge on any atom is -0.489 e. The van der Waals surface area contributed by atoms with Crippen LogP contribution in [0, 0.1) is 5.82 Å². The Bertz CT molecular complexity index is 2000. The van der Waals surface area contributed by atoms with E-state index >= 15 is 4.39 Å². The van der Waals surface area contributed by atoms with Crippen molar-refractivity contribution in [3.8, 4) is 16.9 Å². The van der Waals surface area contributed by atoms with E-state index in [9.17, 15) is 19.2 Å². The predicted octanol–water partition coefficient (Wildman–Crippen LogP) is 8.74. The molecule has 4 rings (SSSR count). The number of carbonyl (C=O) groups is 4. The van der Waals surface area contributed by atoms with Gasteiger partial charge in [0.2, 0.25) is 0 Å². The summed E-state index contributed by atoms with van der Waals surface area (Å²) in [4.78, 5) is 53.8. The Kier molecular flexibility index (Phi) is 16.0. The van der Waals surface area contributed by atoms with Crippen LogP contribution < -0.4 is 10.1 Å². The summed E-state index contributed by atoms with van der Waals surface area (Å²) in [6.45, 7) is 12.1. The zero-order valence-electron chi connectivity index (χ0n) is 34.6. The molecule has 0 spiro atoms. The number of hydrogen-bond acceptors (Lipinski definition) is 9. The maximum absolute atomic E-state index is 15.5. The van der Waals surface area contributed by atoms with Gasteiger partial charge < -0.3 is 29.0 Å². The smallest absolute Gasteiger partial charge is 0.410 e. The highest BCUT2D eigenvalue weighted by molar-refractivity contribution is 6.76. The van der Waals surface area contributed by atoms with Crippen molar-refractivity contribution in [3.63, 3.8) is 0 Å². The van der Waals surface area contributed by atoms with Gasteiger partial charge >= 0.3 is 24.1 Å². The maximum Gasteiger partial charge on any atom is 0.410 e. The number of amides is 2. The lowest BCUT2D eigenvalue weighted by Crippen LogP contribution is -2.46. The summed E-state index contributed by atoms with van der Waals surface area (Å²) in [5.74, 6) is -1.49. The first-order valence-electron chi connectivity index (χ1n) is 19.2. The van der Waals surface area contributed by atoms with Crippen LogP contribution in [0.3, 0.4) is 0 Å². The number of benzene rings is 4. The fraction of sp³-hybridized carbons (Fsp3) is 0.378. The van der Waals surface area contributed by atoms with E-state index in [0.717, 1.165) is 22.1 Å². The molecule has 0 fully saturated rings. The average molecular weight is 815 g/mol. The van der Waals surface area contributed by atoms with Crippen LogP contribution in [0.5, 0.6) is 5.75 Å². The van der Waals surface area contributed by atoms with Crippen molar-refractivity contribution >= 4 is 32.2 Å². The van der Waals surface area contributed by atoms with E-state index in [2.05, 4.69) is 25.0 Å². The number of methoxy groups -OCH3 is 1. The molecule has 0 unspecified atom stereocenters. The second-order valence-electron chi connectivity index (χ2n) is 16.2. The summed E-state index contributed by atoms with van der Waals surface area (Å²) in [5.41, 5.74) is 2.81. The van der Waals surface area contributed by atoms with Crippen molar-refractivity contribution in [2.75, 3.05) is 20.8 Å². The summed E-state index contributed by atoms with van der Waals surface area (Å²) in [6.07, 6.45) is -1.78. The predicted molar refractivity (Wildman–Crippen MR) is 222 cm³/mol. The van der Waals surface area contributed by atoms with Gasteiger partial charge in [0, 0.05) is 28.0 Å². The van der Waals surface area contributed by atoms with E-state index in [4.69, 9.17) is 23.7 Å². The third kappa shape index (κ3) is 14.4. The van der Waals surface area contributed by atoms with Gasteiger partial charge in [-0.15, -0.1) is 0 Å². The fourth-order valence-corrected chi connectivity index (χ4v) is 6.48. The van der Waals surface area contributed by atoms with E-state index in [0.29, 0.717) is 22.4 Å². The van der Waals surface area contributed by atoms with Crippen molar-refractivity contribution < 1.29 is 47.3 Å². The second-order valence-corrected chi connectivity index (χ2v) is 21.8. The molecule has 0 aliphatic rings. The summed E-state index contributed by atoms with van der Waals surface area (Å²) in [7, 11) is 1.05. The lowest BCUT2D eigenvalue weighted by molar-refractivity contribution is -0.146. The molecule has 58 heavy (non-hydrogen) atoms. The first kappa shape index (κ1) is 45.0. The van der Waals surface area contributed by atoms with Gasteiger partial charge in [0.1, 0.15) is 42.5 Å². The Hall–Kier alpha value is -5.69. The van der Waals surface area contributed by atoms with Gasteiger partial charge in [-0.05, 0) is 84.5 Å². The third-order valence-electron chi connectivity index (χ3n) is 9.02. The van der Waals surface area contributed by atoms with E-state index in [1.54, 1.807) is 51.1 Å². The molecular weight excluding hydrogens is 760 g/mol. The molecule has 2 amide bonds. The topological polar surface area (TPSA) is 130 Å². The second kappa shape index (κ2) is 20.6. The molecule has 13 heteroatoms. The monoisotopic (exact) mass is 814 g/mol. The Morgan fingerprint density at radius 1 is 0.759 bits per heavy atom. The average Bonchev–Trinajstić information content (AvgIpc) is 3.18. The molecule has 2 atom stereocenters. The summed E-state index contributed by atoms with van der Waals surface area (Å²) in [6, 6.07) is 27.0. The van der Waals surface area contributed by atoms with Crippen LogP contribution in [0.1, 0.15) is 43.0 Å². The van der Waals surface area contributed by atoms with Crippen LogP contribution in [0.4, 0.5) is 14.0 Å². The summed E-state index contributed by atoms with van der Waals surface area (Å²) in [5, 5.41) is 2.72. The highest BCUT2D eigenvalue weighted by Gasteiger charge is 2.32. The Balaban J connectivity index is 1.69. The zero-order chi connectivity index (χ0) is 42.5. The van der Waals surface area contributed by atoms with Crippen molar-refractivity contribution in [3.05, 3.63) is 125 Å². The van der Waals surface area contributed by atoms with Crippen LogP contribution in [-0.2, 0) is 54.6 Å². The van der Waals surface area contributed by atoms with Crippen molar-refractivity contribution in [2.45, 2.75) is 90.2 Å². The number of rotatable bonds is 17. The van der Waals surface area contributed by atoms with Crippen LogP contribution in [0.25, 0.3) is 11.1 Å². The number of alkyl carbamates (subject to hydrolysis) is 1. The van der Waals surface area contributed by atoms with E-state index in [1.165, 1.54) is 20.2 Å². The van der Waals surface area contributed by atoms with Crippen molar-refractivity contribution in [1.82, 2.24) is 10.2 Å². The molecule has 0 bridgehead atoms. The highest BCUT2D eigenvalue weighted by Crippen LogP contribution is 2.31. The van der Waals surface area contributed by atoms with Crippen molar-refractivity contribution in [2.24, 2.45) is 0 Å². The first-order valence-corrected chi connectivity index (χ1v) is 22.9. The molecule has 1 N–H and O–H groups in total. The lowest BCUT2D eigenvalue weighted by atomic mass is 9.95. The number of nitrogens with one attached hydrogen (secondary N) is 1. The van der Waals surface area contributed by atoms with Gasteiger partial charge in [-0.2, -0.15) is 0 Å². The molecule has 0 saturated carbocycles. The van der Waals surface area contributed by atoms with E-state index in [-0.39, 0.29) is 38.2 Å². The van der Waals surface area contributed by atoms with Gasteiger partial charge in [0.05, 0.1) is 13.7 Å². The summed E-state index contributed by atoms with van der Waals surface area (Å²) < 4.78 is 43.4. The maximum atomic E-state index is 15.5. The number of ether oxygens (including phenoxy) is 5. The largest absolute Gasteiger partial charge is 0.489 e. The molecule has 0 aromatic heterocycles. The normalized spacial score (nSPS) is 12.4. The number of halogens is 1. The molecule has 11 nitrogen and oxygen atoms in total. The molecular formula is C45H55FN2O9Si. The zero-order valence-corrected chi connectivity index (χ0v) is 35.6. The van der Waals surface area contributed by atoms with Crippen LogP contribution in [-0.4, -0.2) is 75.5 Å².